The fourth-order valence-electron chi connectivity index (χ4n) is 4.70. The maximum atomic E-state index is 14.0. The molecule has 30 heavy (non-hydrogen) atoms. The first-order valence-electron chi connectivity index (χ1n) is 10.6. The summed E-state index contributed by atoms with van der Waals surface area (Å²) >= 11 is 1.89. The Hall–Kier alpha value is -2.66. The lowest BCUT2D eigenvalue weighted by atomic mass is 9.88. The van der Waals surface area contributed by atoms with Gasteiger partial charge in [-0.2, -0.15) is 0 Å². The van der Waals surface area contributed by atoms with Gasteiger partial charge < -0.3 is 10.2 Å². The zero-order valence-electron chi connectivity index (χ0n) is 17.1. The molecule has 2 aromatic carbocycles. The first-order chi connectivity index (χ1) is 14.6. The van der Waals surface area contributed by atoms with Crippen LogP contribution in [0.1, 0.15) is 50.9 Å². The van der Waals surface area contributed by atoms with Crippen LogP contribution in [0.15, 0.2) is 48.5 Å². The maximum Gasteiger partial charge on any atom is 0.322 e. The zero-order valence-corrected chi connectivity index (χ0v) is 17.9. The molecule has 3 aromatic rings. The Morgan fingerprint density at radius 3 is 2.67 bits per heavy atom. The monoisotopic (exact) mass is 420 g/mol. The van der Waals surface area contributed by atoms with E-state index < -0.39 is 0 Å². The van der Waals surface area contributed by atoms with Crippen molar-refractivity contribution in [3.63, 3.8) is 0 Å². The number of nitrogens with one attached hydrogen (secondary N) is 1. The van der Waals surface area contributed by atoms with Gasteiger partial charge in [0, 0.05) is 22.0 Å². The van der Waals surface area contributed by atoms with E-state index in [1.807, 2.05) is 34.4 Å². The SMILES string of the molecule is Cc1ccc(NC(=O)N2CCc3c(sc4c3CCCC4)[C@@H]2c2ccccc2)cc1F. The number of urea groups is 1. The predicted octanol–water partition coefficient (Wildman–Crippen LogP) is 6.25. The Balaban J connectivity index is 1.52. The second-order valence-electron chi connectivity index (χ2n) is 8.20. The van der Waals surface area contributed by atoms with E-state index in [1.54, 1.807) is 24.6 Å². The molecule has 1 atom stereocenters. The summed E-state index contributed by atoms with van der Waals surface area (Å²) in [6.07, 6.45) is 5.72. The number of benzene rings is 2. The molecule has 0 fully saturated rings. The first kappa shape index (κ1) is 19.3. The number of fused-ring (bicyclic) bond motifs is 3. The molecule has 1 aromatic heterocycles. The Kier molecular flexibility index (Phi) is 5.07. The lowest BCUT2D eigenvalue weighted by molar-refractivity contribution is 0.195. The van der Waals surface area contributed by atoms with Gasteiger partial charge in [0.05, 0.1) is 6.04 Å². The molecule has 2 aliphatic rings. The van der Waals surface area contributed by atoms with E-state index in [9.17, 15) is 9.18 Å². The van der Waals surface area contributed by atoms with Gasteiger partial charge in [-0.3, -0.25) is 0 Å². The topological polar surface area (TPSA) is 32.3 Å². The van der Waals surface area contributed by atoms with Crippen molar-refractivity contribution >= 4 is 23.1 Å². The van der Waals surface area contributed by atoms with Gasteiger partial charge in [-0.05, 0) is 73.4 Å². The van der Waals surface area contributed by atoms with E-state index in [2.05, 4.69) is 17.4 Å². The Morgan fingerprint density at radius 2 is 1.87 bits per heavy atom. The van der Waals surface area contributed by atoms with E-state index in [4.69, 9.17) is 0 Å². The summed E-state index contributed by atoms with van der Waals surface area (Å²) in [5, 5.41) is 2.92. The molecule has 0 spiro atoms. The summed E-state index contributed by atoms with van der Waals surface area (Å²) in [6, 6.07) is 14.8. The van der Waals surface area contributed by atoms with E-state index in [0.717, 1.165) is 24.8 Å². The third kappa shape index (κ3) is 3.41. The molecule has 2 amide bonds. The minimum absolute atomic E-state index is 0.0964. The number of rotatable bonds is 2. The van der Waals surface area contributed by atoms with Crippen molar-refractivity contribution in [3.05, 3.63) is 86.4 Å². The lowest BCUT2D eigenvalue weighted by Crippen LogP contribution is -2.42. The van der Waals surface area contributed by atoms with Crippen molar-refractivity contribution < 1.29 is 9.18 Å². The molecule has 1 N–H and O–H groups in total. The number of carbonyl (C=O) groups excluding carboxylic acids is 1. The molecule has 2 heterocycles. The molecule has 3 nitrogen and oxygen atoms in total. The van der Waals surface area contributed by atoms with Crippen LogP contribution in [0.3, 0.4) is 0 Å². The van der Waals surface area contributed by atoms with Gasteiger partial charge in [0.15, 0.2) is 0 Å². The standard InChI is InChI=1S/C25H25FN2OS/c1-16-11-12-18(15-21(16)26)27-25(29)28-14-13-20-19-9-5-6-10-22(19)30-24(20)23(28)17-7-3-2-4-8-17/h2-4,7-8,11-12,15,23H,5-6,9-10,13-14H2,1H3,(H,27,29)/t23-/m0/s1. The second-order valence-corrected chi connectivity index (χ2v) is 9.34. The number of anilines is 1. The minimum Gasteiger partial charge on any atom is -0.312 e. The molecule has 5 rings (SSSR count). The number of carbonyl (C=O) groups is 1. The number of thiophene rings is 1. The number of aryl methyl sites for hydroxylation is 2. The molecule has 1 aliphatic heterocycles. The molecule has 0 bridgehead atoms. The molecular formula is C25H25FN2OS. The van der Waals surface area contributed by atoms with Gasteiger partial charge in [0.1, 0.15) is 5.82 Å². The quantitative estimate of drug-likeness (QED) is 0.522. The Labute approximate surface area is 180 Å². The highest BCUT2D eigenvalue weighted by Crippen LogP contribution is 2.45. The summed E-state index contributed by atoms with van der Waals surface area (Å²) in [7, 11) is 0. The normalized spacial score (nSPS) is 17.9. The smallest absolute Gasteiger partial charge is 0.312 e. The van der Waals surface area contributed by atoms with Crippen LogP contribution in [0.2, 0.25) is 0 Å². The highest BCUT2D eigenvalue weighted by molar-refractivity contribution is 7.12. The van der Waals surface area contributed by atoms with Crippen LogP contribution in [0, 0.1) is 12.7 Å². The zero-order chi connectivity index (χ0) is 20.7. The van der Waals surface area contributed by atoms with Crippen LogP contribution in [0.25, 0.3) is 0 Å². The molecule has 154 valence electrons. The maximum absolute atomic E-state index is 14.0. The van der Waals surface area contributed by atoms with Crippen molar-refractivity contribution in [3.8, 4) is 0 Å². The van der Waals surface area contributed by atoms with Crippen LogP contribution in [0.5, 0.6) is 0 Å². The van der Waals surface area contributed by atoms with E-state index in [-0.39, 0.29) is 17.9 Å². The summed E-state index contributed by atoms with van der Waals surface area (Å²) in [5.41, 5.74) is 5.20. The van der Waals surface area contributed by atoms with Crippen LogP contribution in [-0.2, 0) is 19.3 Å². The van der Waals surface area contributed by atoms with Crippen molar-refractivity contribution in [1.29, 1.82) is 0 Å². The first-order valence-corrected chi connectivity index (χ1v) is 11.5. The molecule has 1 aliphatic carbocycles. The largest absolute Gasteiger partial charge is 0.322 e. The van der Waals surface area contributed by atoms with Gasteiger partial charge in [-0.1, -0.05) is 36.4 Å². The Bertz CT molecular complexity index is 1090. The third-order valence-electron chi connectivity index (χ3n) is 6.27. The molecule has 0 saturated heterocycles. The van der Waals surface area contributed by atoms with Crippen molar-refractivity contribution in [1.82, 2.24) is 4.90 Å². The van der Waals surface area contributed by atoms with Gasteiger partial charge in [-0.25, -0.2) is 9.18 Å². The lowest BCUT2D eigenvalue weighted by Gasteiger charge is -2.36. The van der Waals surface area contributed by atoms with Crippen molar-refractivity contribution in [2.24, 2.45) is 0 Å². The third-order valence-corrected chi connectivity index (χ3v) is 7.66. The molecular weight excluding hydrogens is 395 g/mol. The summed E-state index contributed by atoms with van der Waals surface area (Å²) < 4.78 is 14.0. The molecule has 0 unspecified atom stereocenters. The summed E-state index contributed by atoms with van der Waals surface area (Å²) in [5.74, 6) is -0.306. The van der Waals surface area contributed by atoms with Crippen LogP contribution < -0.4 is 5.32 Å². The summed E-state index contributed by atoms with van der Waals surface area (Å²) in [4.78, 5) is 18.0. The second kappa shape index (κ2) is 7.88. The number of nitrogens with zero attached hydrogens (tertiary/aromatic N) is 1. The van der Waals surface area contributed by atoms with E-state index in [1.165, 1.54) is 34.2 Å². The Morgan fingerprint density at radius 1 is 1.07 bits per heavy atom. The van der Waals surface area contributed by atoms with Gasteiger partial charge in [0.25, 0.3) is 0 Å². The fraction of sp³-hybridized carbons (Fsp3) is 0.320. The number of amides is 2. The van der Waals surface area contributed by atoms with Crippen LogP contribution in [-0.4, -0.2) is 17.5 Å². The van der Waals surface area contributed by atoms with Gasteiger partial charge in [0.2, 0.25) is 0 Å². The molecule has 0 saturated carbocycles. The molecule has 5 heteroatoms. The van der Waals surface area contributed by atoms with E-state index in [0.29, 0.717) is 17.8 Å². The predicted molar refractivity (Wildman–Crippen MR) is 120 cm³/mol. The average molecular weight is 421 g/mol. The average Bonchev–Trinajstić information content (AvgIpc) is 3.15. The van der Waals surface area contributed by atoms with Crippen molar-refractivity contribution in [2.45, 2.75) is 45.1 Å². The molecule has 0 radical (unpaired) electrons. The highest BCUT2D eigenvalue weighted by atomic mass is 32.1. The number of hydrogen-bond acceptors (Lipinski definition) is 2. The van der Waals surface area contributed by atoms with E-state index >= 15 is 0 Å². The minimum atomic E-state index is -0.306. The van der Waals surface area contributed by atoms with Gasteiger partial charge >= 0.3 is 6.03 Å². The highest BCUT2D eigenvalue weighted by Gasteiger charge is 2.36. The summed E-state index contributed by atoms with van der Waals surface area (Å²) in [6.45, 7) is 2.38. The number of hydrogen-bond donors (Lipinski definition) is 1. The van der Waals surface area contributed by atoms with Crippen molar-refractivity contribution in [2.75, 3.05) is 11.9 Å². The fourth-order valence-corrected chi connectivity index (χ4v) is 6.29. The number of halogens is 1. The van der Waals surface area contributed by atoms with Crippen LogP contribution >= 0.6 is 11.3 Å². The van der Waals surface area contributed by atoms with Gasteiger partial charge in [-0.15, -0.1) is 11.3 Å². The van der Waals surface area contributed by atoms with Crippen LogP contribution in [0.4, 0.5) is 14.9 Å².